The number of esters is 1. The number of nitrogens with zero attached hydrogens (tertiary/aromatic N) is 4. The molecule has 3 heterocycles. The number of ether oxygens (including phenoxy) is 2. The fraction of sp³-hybridized carbons (Fsp3) is 0.294. The van der Waals surface area contributed by atoms with Crippen molar-refractivity contribution in [1.82, 2.24) is 19.6 Å². The minimum Gasteiger partial charge on any atom is -0.462 e. The summed E-state index contributed by atoms with van der Waals surface area (Å²) in [6.45, 7) is 2.66. The van der Waals surface area contributed by atoms with Crippen LogP contribution >= 0.6 is 0 Å². The Bertz CT molecular complexity index is 843. The number of carbonyl (C=O) groups is 1. The van der Waals surface area contributed by atoms with E-state index in [1.54, 1.807) is 43.2 Å². The van der Waals surface area contributed by atoms with Gasteiger partial charge in [-0.3, -0.25) is 4.98 Å². The monoisotopic (exact) mass is 326 g/mol. The molecule has 7 nitrogen and oxygen atoms in total. The van der Waals surface area contributed by atoms with Crippen LogP contribution in [0.2, 0.25) is 0 Å². The van der Waals surface area contributed by atoms with Gasteiger partial charge in [-0.25, -0.2) is 14.3 Å². The summed E-state index contributed by atoms with van der Waals surface area (Å²) < 4.78 is 11.8. The van der Waals surface area contributed by atoms with Gasteiger partial charge in [0.25, 0.3) is 0 Å². The summed E-state index contributed by atoms with van der Waals surface area (Å²) in [6, 6.07) is 5.55. The lowest BCUT2D eigenvalue weighted by atomic mass is 10.1. The predicted molar refractivity (Wildman–Crippen MR) is 87.8 cm³/mol. The van der Waals surface area contributed by atoms with Gasteiger partial charge in [0.15, 0.2) is 5.65 Å². The Balaban J connectivity index is 2.04. The highest BCUT2D eigenvalue weighted by Crippen LogP contribution is 2.25. The van der Waals surface area contributed by atoms with Crippen LogP contribution in [0, 0.1) is 0 Å². The maximum atomic E-state index is 12.4. The molecular formula is C17H18N4O3. The van der Waals surface area contributed by atoms with E-state index in [0.717, 1.165) is 17.7 Å². The predicted octanol–water partition coefficient (Wildman–Crippen LogP) is 2.16. The number of pyridine rings is 1. The van der Waals surface area contributed by atoms with Gasteiger partial charge in [0, 0.05) is 43.4 Å². The molecule has 0 saturated heterocycles. The van der Waals surface area contributed by atoms with Crippen LogP contribution in [0.4, 0.5) is 0 Å². The molecule has 0 saturated carbocycles. The second kappa shape index (κ2) is 7.18. The van der Waals surface area contributed by atoms with E-state index in [0.29, 0.717) is 23.5 Å². The zero-order chi connectivity index (χ0) is 16.9. The lowest BCUT2D eigenvalue weighted by molar-refractivity contribution is 0.0529. The zero-order valence-electron chi connectivity index (χ0n) is 13.6. The third kappa shape index (κ3) is 3.11. The summed E-state index contributed by atoms with van der Waals surface area (Å²) in [7, 11) is 1.66. The Morgan fingerprint density at radius 1 is 1.29 bits per heavy atom. The van der Waals surface area contributed by atoms with Gasteiger partial charge in [-0.2, -0.15) is 5.10 Å². The van der Waals surface area contributed by atoms with E-state index in [-0.39, 0.29) is 6.61 Å². The van der Waals surface area contributed by atoms with Crippen molar-refractivity contribution in [3.05, 3.63) is 48.0 Å². The Morgan fingerprint density at radius 2 is 2.17 bits per heavy atom. The van der Waals surface area contributed by atoms with E-state index in [1.807, 2.05) is 12.1 Å². The fourth-order valence-electron chi connectivity index (χ4n) is 2.40. The molecule has 3 aromatic rings. The summed E-state index contributed by atoms with van der Waals surface area (Å²) in [4.78, 5) is 21.0. The lowest BCUT2D eigenvalue weighted by Crippen LogP contribution is -2.06. The first-order valence-corrected chi connectivity index (χ1v) is 7.69. The molecule has 0 aliphatic heterocycles. The molecule has 7 heteroatoms. The fourth-order valence-corrected chi connectivity index (χ4v) is 2.40. The van der Waals surface area contributed by atoms with Crippen molar-refractivity contribution in [3.8, 4) is 11.3 Å². The smallest absolute Gasteiger partial charge is 0.344 e. The molecule has 0 spiro atoms. The zero-order valence-corrected chi connectivity index (χ0v) is 13.6. The van der Waals surface area contributed by atoms with Gasteiger partial charge in [-0.05, 0) is 25.1 Å². The molecule has 0 N–H and O–H groups in total. The highest BCUT2D eigenvalue weighted by Gasteiger charge is 2.23. The third-order valence-electron chi connectivity index (χ3n) is 3.54. The lowest BCUT2D eigenvalue weighted by Gasteiger charge is -2.04. The Hall–Kier alpha value is -2.80. The second-order valence-corrected chi connectivity index (χ2v) is 5.11. The van der Waals surface area contributed by atoms with Crippen molar-refractivity contribution >= 4 is 11.6 Å². The van der Waals surface area contributed by atoms with E-state index in [2.05, 4.69) is 15.1 Å². The minimum atomic E-state index is -0.440. The van der Waals surface area contributed by atoms with Gasteiger partial charge in [-0.15, -0.1) is 0 Å². The van der Waals surface area contributed by atoms with Gasteiger partial charge in [0.1, 0.15) is 11.3 Å². The number of hydrogen-bond donors (Lipinski definition) is 0. The van der Waals surface area contributed by atoms with Crippen molar-refractivity contribution in [3.63, 3.8) is 0 Å². The van der Waals surface area contributed by atoms with Gasteiger partial charge >= 0.3 is 5.97 Å². The van der Waals surface area contributed by atoms with Gasteiger partial charge in [0.05, 0.1) is 13.2 Å². The van der Waals surface area contributed by atoms with E-state index < -0.39 is 5.97 Å². The van der Waals surface area contributed by atoms with E-state index >= 15 is 0 Å². The number of fused-ring (bicyclic) bond motifs is 1. The maximum absolute atomic E-state index is 12.4. The molecule has 0 unspecified atom stereocenters. The highest BCUT2D eigenvalue weighted by atomic mass is 16.5. The van der Waals surface area contributed by atoms with Crippen LogP contribution in [0.5, 0.6) is 0 Å². The largest absolute Gasteiger partial charge is 0.462 e. The average Bonchev–Trinajstić information content (AvgIpc) is 3.00. The quantitative estimate of drug-likeness (QED) is 0.646. The van der Waals surface area contributed by atoms with Crippen LogP contribution < -0.4 is 0 Å². The van der Waals surface area contributed by atoms with Crippen molar-refractivity contribution in [2.24, 2.45) is 0 Å². The number of carbonyl (C=O) groups excluding carboxylic acids is 1. The Morgan fingerprint density at radius 3 is 2.88 bits per heavy atom. The number of aromatic nitrogens is 4. The van der Waals surface area contributed by atoms with Crippen LogP contribution in [0.3, 0.4) is 0 Å². The van der Waals surface area contributed by atoms with Crippen molar-refractivity contribution in [2.45, 2.75) is 13.3 Å². The maximum Gasteiger partial charge on any atom is 0.344 e. The molecule has 0 fully saturated rings. The number of hydrogen-bond acceptors (Lipinski definition) is 6. The summed E-state index contributed by atoms with van der Waals surface area (Å²) in [5.74, 6) is -0.440. The van der Waals surface area contributed by atoms with Crippen molar-refractivity contribution in [1.29, 1.82) is 0 Å². The molecule has 24 heavy (non-hydrogen) atoms. The van der Waals surface area contributed by atoms with Crippen molar-refractivity contribution in [2.75, 3.05) is 20.3 Å². The van der Waals surface area contributed by atoms with Crippen molar-refractivity contribution < 1.29 is 14.3 Å². The molecule has 3 aromatic heterocycles. The Labute approximate surface area is 139 Å². The van der Waals surface area contributed by atoms with Gasteiger partial charge in [0.2, 0.25) is 0 Å². The molecule has 3 rings (SSSR count). The summed E-state index contributed by atoms with van der Waals surface area (Å²) in [6.07, 6.45) is 5.80. The molecule has 0 bridgehead atoms. The summed E-state index contributed by atoms with van der Waals surface area (Å²) >= 11 is 0. The summed E-state index contributed by atoms with van der Waals surface area (Å²) in [5.41, 5.74) is 2.99. The van der Waals surface area contributed by atoms with Gasteiger partial charge < -0.3 is 9.47 Å². The van der Waals surface area contributed by atoms with Crippen LogP contribution in [0.25, 0.3) is 16.9 Å². The first-order chi connectivity index (χ1) is 11.7. The molecule has 0 aliphatic rings. The second-order valence-electron chi connectivity index (χ2n) is 5.11. The Kier molecular flexibility index (Phi) is 4.81. The molecular weight excluding hydrogens is 308 g/mol. The molecule has 0 atom stereocenters. The molecule has 0 amide bonds. The third-order valence-corrected chi connectivity index (χ3v) is 3.54. The van der Waals surface area contributed by atoms with Crippen LogP contribution in [-0.4, -0.2) is 45.9 Å². The van der Waals surface area contributed by atoms with Crippen LogP contribution in [0.15, 0.2) is 36.8 Å². The molecule has 0 aromatic carbocycles. The summed E-state index contributed by atoms with van der Waals surface area (Å²) in [5, 5.41) is 4.47. The van der Waals surface area contributed by atoms with E-state index in [4.69, 9.17) is 9.47 Å². The van der Waals surface area contributed by atoms with E-state index in [9.17, 15) is 4.79 Å². The SMILES string of the molecule is CCOC(=O)c1c(-c2ccc(CCOC)nc2)nn2cccnc12. The first-order valence-electron chi connectivity index (χ1n) is 7.69. The number of methoxy groups -OCH3 is 1. The normalized spacial score (nSPS) is 10.9. The standard InChI is InChI=1S/C17H18N4O3/c1-3-24-17(22)14-15(20-21-9-4-8-18-16(14)21)12-5-6-13(19-11-12)7-10-23-2/h4-6,8-9,11H,3,7,10H2,1-2H3. The molecule has 0 radical (unpaired) electrons. The average molecular weight is 326 g/mol. The number of rotatable bonds is 6. The topological polar surface area (TPSA) is 78.6 Å². The minimum absolute atomic E-state index is 0.288. The van der Waals surface area contributed by atoms with Crippen LogP contribution in [-0.2, 0) is 15.9 Å². The highest BCUT2D eigenvalue weighted by molar-refractivity contribution is 6.02. The van der Waals surface area contributed by atoms with E-state index in [1.165, 1.54) is 0 Å². The first kappa shape index (κ1) is 16.1. The van der Waals surface area contributed by atoms with Crippen LogP contribution in [0.1, 0.15) is 23.0 Å². The van der Waals surface area contributed by atoms with Gasteiger partial charge in [-0.1, -0.05) is 0 Å². The molecule has 124 valence electrons. The molecule has 0 aliphatic carbocycles.